The summed E-state index contributed by atoms with van der Waals surface area (Å²) < 4.78 is 13.7. The van der Waals surface area contributed by atoms with Crippen LogP contribution in [-0.4, -0.2) is 42.8 Å². The highest BCUT2D eigenvalue weighted by Crippen LogP contribution is 2.24. The molecule has 0 unspecified atom stereocenters. The number of nitrogens with zero attached hydrogens (tertiary/aromatic N) is 1. The van der Waals surface area contributed by atoms with Crippen molar-refractivity contribution < 1.29 is 14.3 Å². The van der Waals surface area contributed by atoms with Gasteiger partial charge in [-0.1, -0.05) is 32.0 Å². The second-order valence-electron chi connectivity index (χ2n) is 5.17. The van der Waals surface area contributed by atoms with Crippen molar-refractivity contribution in [2.24, 2.45) is 0 Å². The number of carbonyl (C=O) groups is 1. The van der Waals surface area contributed by atoms with Gasteiger partial charge in [0, 0.05) is 25.6 Å². The summed E-state index contributed by atoms with van der Waals surface area (Å²) in [7, 11) is 1.60. The van der Waals surface area contributed by atoms with Gasteiger partial charge in [0.1, 0.15) is 5.82 Å². The quantitative estimate of drug-likeness (QED) is 0.854. The van der Waals surface area contributed by atoms with E-state index < -0.39 is 5.41 Å². The molecule has 1 rings (SSSR count). The van der Waals surface area contributed by atoms with Gasteiger partial charge in [-0.25, -0.2) is 9.18 Å². The van der Waals surface area contributed by atoms with Crippen LogP contribution in [0.3, 0.4) is 0 Å². The third-order valence-corrected chi connectivity index (χ3v) is 3.07. The Kier molecular flexibility index (Phi) is 5.30. The zero-order valence-electron chi connectivity index (χ0n) is 11.6. The lowest BCUT2D eigenvalue weighted by atomic mass is 9.84. The van der Waals surface area contributed by atoms with E-state index in [-0.39, 0.29) is 25.0 Å². The lowest BCUT2D eigenvalue weighted by molar-refractivity contribution is 0.188. The van der Waals surface area contributed by atoms with Gasteiger partial charge in [-0.2, -0.15) is 0 Å². The normalized spacial score (nSPS) is 11.2. The van der Waals surface area contributed by atoms with Crippen LogP contribution >= 0.6 is 0 Å². The molecule has 0 aromatic heterocycles. The van der Waals surface area contributed by atoms with Gasteiger partial charge >= 0.3 is 6.03 Å². The molecule has 2 N–H and O–H groups in total. The third-order valence-electron chi connectivity index (χ3n) is 3.07. The van der Waals surface area contributed by atoms with Crippen molar-refractivity contribution in [3.8, 4) is 0 Å². The molecule has 0 radical (unpaired) electrons. The summed E-state index contributed by atoms with van der Waals surface area (Å²) in [5.41, 5.74) is 0.0706. The van der Waals surface area contributed by atoms with Crippen LogP contribution in [0.2, 0.25) is 0 Å². The predicted molar refractivity (Wildman–Crippen MR) is 72.5 cm³/mol. The van der Waals surface area contributed by atoms with Crippen molar-refractivity contribution in [1.29, 1.82) is 0 Å². The average Bonchev–Trinajstić information content (AvgIpc) is 2.36. The number of benzene rings is 1. The number of rotatable bonds is 5. The van der Waals surface area contributed by atoms with Gasteiger partial charge in [-0.05, 0) is 11.6 Å². The topological polar surface area (TPSA) is 52.6 Å². The Bertz CT molecular complexity index is 435. The van der Waals surface area contributed by atoms with Crippen molar-refractivity contribution in [3.63, 3.8) is 0 Å². The Labute approximate surface area is 113 Å². The van der Waals surface area contributed by atoms with E-state index >= 15 is 0 Å². The number of urea groups is 1. The van der Waals surface area contributed by atoms with Gasteiger partial charge in [0.05, 0.1) is 6.61 Å². The number of halogens is 1. The van der Waals surface area contributed by atoms with Crippen LogP contribution in [0.1, 0.15) is 19.4 Å². The maximum atomic E-state index is 13.7. The smallest absolute Gasteiger partial charge is 0.317 e. The van der Waals surface area contributed by atoms with Crippen molar-refractivity contribution in [1.82, 2.24) is 10.2 Å². The van der Waals surface area contributed by atoms with Gasteiger partial charge in [-0.3, -0.25) is 0 Å². The number of aliphatic hydroxyl groups is 1. The van der Waals surface area contributed by atoms with E-state index in [1.165, 1.54) is 11.0 Å². The molecule has 0 heterocycles. The summed E-state index contributed by atoms with van der Waals surface area (Å²) in [6.07, 6.45) is 0. The molecule has 106 valence electrons. The number of likely N-dealkylation sites (N-methyl/N-ethyl adjacent to an activating group) is 1. The van der Waals surface area contributed by atoms with Crippen LogP contribution in [0.25, 0.3) is 0 Å². The molecule has 2 amide bonds. The van der Waals surface area contributed by atoms with Crippen LogP contribution in [0.5, 0.6) is 0 Å². The van der Waals surface area contributed by atoms with Crippen LogP contribution < -0.4 is 5.32 Å². The number of amides is 2. The molecular weight excluding hydrogens is 247 g/mol. The lowest BCUT2D eigenvalue weighted by Gasteiger charge is -2.27. The van der Waals surface area contributed by atoms with Crippen LogP contribution in [-0.2, 0) is 5.41 Å². The minimum absolute atomic E-state index is 0.0827. The van der Waals surface area contributed by atoms with E-state index in [0.29, 0.717) is 12.1 Å². The van der Waals surface area contributed by atoms with E-state index in [1.54, 1.807) is 25.2 Å². The standard InChI is InChI=1S/C14H21FN2O2/c1-14(2,11-6-4-5-7-12(11)15)10-16-13(19)17(3)8-9-18/h4-7,18H,8-10H2,1-3H3,(H,16,19). The van der Waals surface area contributed by atoms with E-state index in [1.807, 2.05) is 13.8 Å². The van der Waals surface area contributed by atoms with Gasteiger partial charge < -0.3 is 15.3 Å². The molecule has 0 saturated heterocycles. The summed E-state index contributed by atoms with van der Waals surface area (Å²) in [4.78, 5) is 13.1. The van der Waals surface area contributed by atoms with E-state index in [4.69, 9.17) is 5.11 Å². The second-order valence-corrected chi connectivity index (χ2v) is 5.17. The fourth-order valence-corrected chi connectivity index (χ4v) is 1.79. The summed E-state index contributed by atoms with van der Waals surface area (Å²) >= 11 is 0. The first kappa shape index (κ1) is 15.4. The second kappa shape index (κ2) is 6.52. The first-order valence-electron chi connectivity index (χ1n) is 6.23. The van der Waals surface area contributed by atoms with Gasteiger partial charge in [0.25, 0.3) is 0 Å². The molecule has 19 heavy (non-hydrogen) atoms. The minimum atomic E-state index is -0.499. The highest BCUT2D eigenvalue weighted by atomic mass is 19.1. The highest BCUT2D eigenvalue weighted by molar-refractivity contribution is 5.73. The maximum Gasteiger partial charge on any atom is 0.317 e. The average molecular weight is 268 g/mol. The molecule has 1 aromatic carbocycles. The maximum absolute atomic E-state index is 13.7. The molecule has 0 fully saturated rings. The van der Waals surface area contributed by atoms with Crippen molar-refractivity contribution in [3.05, 3.63) is 35.6 Å². The Balaban J connectivity index is 2.66. The molecule has 1 aromatic rings. The van der Waals surface area contributed by atoms with E-state index in [9.17, 15) is 9.18 Å². The first-order valence-corrected chi connectivity index (χ1v) is 6.23. The zero-order chi connectivity index (χ0) is 14.5. The fourth-order valence-electron chi connectivity index (χ4n) is 1.79. The molecule has 4 nitrogen and oxygen atoms in total. The summed E-state index contributed by atoms with van der Waals surface area (Å²) in [6, 6.07) is 6.27. The molecule has 0 aliphatic rings. The molecule has 0 aliphatic carbocycles. The lowest BCUT2D eigenvalue weighted by Crippen LogP contribution is -2.44. The first-order chi connectivity index (χ1) is 8.88. The molecule has 0 saturated carbocycles. The monoisotopic (exact) mass is 268 g/mol. The SMILES string of the molecule is CN(CCO)C(=O)NCC(C)(C)c1ccccc1F. The van der Waals surface area contributed by atoms with Gasteiger partial charge in [-0.15, -0.1) is 0 Å². The molecule has 5 heteroatoms. The number of carbonyl (C=O) groups excluding carboxylic acids is 1. The minimum Gasteiger partial charge on any atom is -0.395 e. The number of nitrogens with one attached hydrogen (secondary N) is 1. The number of hydrogen-bond donors (Lipinski definition) is 2. The Hall–Kier alpha value is -1.62. The molecule has 0 bridgehead atoms. The predicted octanol–water partition coefficient (Wildman–Crippen LogP) is 1.74. The Morgan fingerprint density at radius 1 is 1.42 bits per heavy atom. The number of aliphatic hydroxyl groups excluding tert-OH is 1. The zero-order valence-corrected chi connectivity index (χ0v) is 11.6. The van der Waals surface area contributed by atoms with E-state index in [2.05, 4.69) is 5.32 Å². The Morgan fingerprint density at radius 2 is 2.05 bits per heavy atom. The molecule has 0 aliphatic heterocycles. The number of hydrogen-bond acceptors (Lipinski definition) is 2. The summed E-state index contributed by atoms with van der Waals surface area (Å²) in [6.45, 7) is 4.25. The fraction of sp³-hybridized carbons (Fsp3) is 0.500. The molecular formula is C14H21FN2O2. The molecule has 0 atom stereocenters. The van der Waals surface area contributed by atoms with Crippen LogP contribution in [0, 0.1) is 5.82 Å². The van der Waals surface area contributed by atoms with Crippen molar-refractivity contribution in [2.45, 2.75) is 19.3 Å². The Morgan fingerprint density at radius 3 is 2.63 bits per heavy atom. The van der Waals surface area contributed by atoms with Crippen molar-refractivity contribution in [2.75, 3.05) is 26.7 Å². The summed E-state index contributed by atoms with van der Waals surface area (Å²) in [5, 5.41) is 11.5. The molecule has 0 spiro atoms. The van der Waals surface area contributed by atoms with Crippen molar-refractivity contribution >= 4 is 6.03 Å². The van der Waals surface area contributed by atoms with Crippen LogP contribution in [0.4, 0.5) is 9.18 Å². The van der Waals surface area contributed by atoms with Gasteiger partial charge in [0.15, 0.2) is 0 Å². The third kappa shape index (κ3) is 4.21. The highest BCUT2D eigenvalue weighted by Gasteiger charge is 2.24. The van der Waals surface area contributed by atoms with Gasteiger partial charge in [0.2, 0.25) is 0 Å². The largest absolute Gasteiger partial charge is 0.395 e. The van der Waals surface area contributed by atoms with E-state index in [0.717, 1.165) is 0 Å². The van der Waals surface area contributed by atoms with Crippen LogP contribution in [0.15, 0.2) is 24.3 Å². The summed E-state index contributed by atoms with van der Waals surface area (Å²) in [5.74, 6) is -0.273.